The molecule has 98 valence electrons. The predicted molar refractivity (Wildman–Crippen MR) is 71.3 cm³/mol. The largest absolute Gasteiger partial charge is 0.294 e. The van der Waals surface area contributed by atoms with Gasteiger partial charge in [0.05, 0.1) is 4.47 Å². The molecule has 0 atom stereocenters. The van der Waals surface area contributed by atoms with Gasteiger partial charge in [-0.2, -0.15) is 0 Å². The molecule has 0 N–H and O–H groups in total. The minimum Gasteiger partial charge on any atom is -0.294 e. The van der Waals surface area contributed by atoms with Crippen LogP contribution in [0.25, 0.3) is 0 Å². The molecule has 0 saturated carbocycles. The van der Waals surface area contributed by atoms with Crippen LogP contribution < -0.4 is 0 Å². The van der Waals surface area contributed by atoms with E-state index in [2.05, 4.69) is 20.9 Å². The van der Waals surface area contributed by atoms with Crippen LogP contribution in [-0.2, 0) is 6.42 Å². The Morgan fingerprint density at radius 2 is 2.05 bits per heavy atom. The number of carbonyl (C=O) groups excluding carboxylic acids is 1. The summed E-state index contributed by atoms with van der Waals surface area (Å²) in [7, 11) is 0. The fraction of sp³-hybridized carbons (Fsp3) is 0.0769. The Kier molecular flexibility index (Phi) is 4.27. The summed E-state index contributed by atoms with van der Waals surface area (Å²) in [6, 6.07) is 5.16. The molecule has 0 fully saturated rings. The predicted octanol–water partition coefficient (Wildman–Crippen LogP) is 4.20. The fourth-order valence-electron chi connectivity index (χ4n) is 1.57. The number of Topliss-reactive ketones (excluding diaryl/α,β-unsaturated/α-hetero) is 1. The van der Waals surface area contributed by atoms with Gasteiger partial charge in [-0.05, 0) is 40.2 Å². The molecule has 0 amide bonds. The Hall–Kier alpha value is -1.33. The maximum absolute atomic E-state index is 13.7. The maximum atomic E-state index is 13.7. The molecule has 0 spiro atoms. The van der Waals surface area contributed by atoms with E-state index in [1.54, 1.807) is 0 Å². The van der Waals surface area contributed by atoms with Gasteiger partial charge < -0.3 is 0 Å². The first kappa shape index (κ1) is 14.1. The average Bonchev–Trinajstić information content (AvgIpc) is 2.39. The number of rotatable bonds is 3. The molecule has 6 heteroatoms. The second-order valence-electron chi connectivity index (χ2n) is 3.79. The number of benzene rings is 1. The van der Waals surface area contributed by atoms with Crippen LogP contribution in [0.1, 0.15) is 15.9 Å². The summed E-state index contributed by atoms with van der Waals surface area (Å²) in [5.74, 6) is -1.96. The van der Waals surface area contributed by atoms with Crippen LogP contribution in [0.5, 0.6) is 0 Å². The molecule has 2 nitrogen and oxygen atoms in total. The van der Waals surface area contributed by atoms with Crippen molar-refractivity contribution in [2.45, 2.75) is 6.42 Å². The van der Waals surface area contributed by atoms with Crippen LogP contribution in [0.15, 0.2) is 34.9 Å². The lowest BCUT2D eigenvalue weighted by molar-refractivity contribution is 0.0990. The fourth-order valence-corrected chi connectivity index (χ4v) is 2.12. The highest BCUT2D eigenvalue weighted by Crippen LogP contribution is 2.23. The molecule has 0 bridgehead atoms. The summed E-state index contributed by atoms with van der Waals surface area (Å²) in [6.07, 6.45) is 0.987. The van der Waals surface area contributed by atoms with Crippen molar-refractivity contribution in [3.05, 3.63) is 62.8 Å². The zero-order chi connectivity index (χ0) is 14.0. The first-order chi connectivity index (χ1) is 8.99. The molecule has 0 aliphatic heterocycles. The van der Waals surface area contributed by atoms with Crippen molar-refractivity contribution in [1.82, 2.24) is 4.98 Å². The molecule has 0 unspecified atom stereocenters. The molecule has 0 saturated heterocycles. The van der Waals surface area contributed by atoms with Gasteiger partial charge in [-0.1, -0.05) is 11.6 Å². The highest BCUT2D eigenvalue weighted by atomic mass is 79.9. The first-order valence-electron chi connectivity index (χ1n) is 5.26. The zero-order valence-corrected chi connectivity index (χ0v) is 11.8. The molecule has 1 heterocycles. The van der Waals surface area contributed by atoms with Crippen molar-refractivity contribution in [3.8, 4) is 0 Å². The van der Waals surface area contributed by atoms with E-state index in [9.17, 15) is 13.6 Å². The van der Waals surface area contributed by atoms with Gasteiger partial charge in [0, 0.05) is 23.7 Å². The van der Waals surface area contributed by atoms with Crippen molar-refractivity contribution in [1.29, 1.82) is 0 Å². The second kappa shape index (κ2) is 5.75. The van der Waals surface area contributed by atoms with E-state index < -0.39 is 17.4 Å². The monoisotopic (exact) mass is 345 g/mol. The minimum atomic E-state index is -0.770. The summed E-state index contributed by atoms with van der Waals surface area (Å²) < 4.78 is 27.4. The number of ketones is 1. The van der Waals surface area contributed by atoms with Crippen molar-refractivity contribution >= 4 is 33.3 Å². The highest BCUT2D eigenvalue weighted by molar-refractivity contribution is 9.10. The molecule has 0 aliphatic carbocycles. The second-order valence-corrected chi connectivity index (χ2v) is 5.03. The third-order valence-corrected chi connectivity index (χ3v) is 3.34. The van der Waals surface area contributed by atoms with Gasteiger partial charge in [-0.25, -0.2) is 13.8 Å². The summed E-state index contributed by atoms with van der Waals surface area (Å²) in [4.78, 5) is 15.7. The lowest BCUT2D eigenvalue weighted by Gasteiger charge is -2.06. The van der Waals surface area contributed by atoms with Crippen LogP contribution in [0, 0.1) is 11.6 Å². The van der Waals surface area contributed by atoms with E-state index in [4.69, 9.17) is 11.6 Å². The summed E-state index contributed by atoms with van der Waals surface area (Å²) >= 11 is 8.61. The molecule has 0 radical (unpaired) electrons. The SMILES string of the molecule is O=C(Cc1c(F)ccc(Br)c1F)c1ccnc(Cl)c1. The zero-order valence-electron chi connectivity index (χ0n) is 9.46. The van der Waals surface area contributed by atoms with Gasteiger partial charge in [-0.3, -0.25) is 4.79 Å². The molecular formula is C13H7BrClF2NO. The van der Waals surface area contributed by atoms with Crippen molar-refractivity contribution in [2.24, 2.45) is 0 Å². The Bertz CT molecular complexity index is 649. The molecule has 1 aromatic heterocycles. The van der Waals surface area contributed by atoms with Crippen LogP contribution in [-0.4, -0.2) is 10.8 Å². The van der Waals surface area contributed by atoms with Crippen LogP contribution in [0.4, 0.5) is 8.78 Å². The van der Waals surface area contributed by atoms with E-state index in [0.29, 0.717) is 0 Å². The third-order valence-electron chi connectivity index (χ3n) is 2.52. The minimum absolute atomic E-state index is 0.115. The number of carbonyl (C=O) groups is 1. The molecule has 2 rings (SSSR count). The standard InChI is InChI=1S/C13H7BrClF2NO/c14-9-1-2-10(16)8(13(9)17)6-11(19)7-3-4-18-12(15)5-7/h1-5H,6H2. The Morgan fingerprint density at radius 1 is 1.32 bits per heavy atom. The Labute approximate surface area is 121 Å². The van der Waals surface area contributed by atoms with Gasteiger partial charge in [0.15, 0.2) is 5.78 Å². The number of nitrogens with zero attached hydrogens (tertiary/aromatic N) is 1. The molecular weight excluding hydrogens is 340 g/mol. The van der Waals surface area contributed by atoms with Gasteiger partial charge in [0.25, 0.3) is 0 Å². The first-order valence-corrected chi connectivity index (χ1v) is 6.43. The Morgan fingerprint density at radius 3 is 2.74 bits per heavy atom. The van der Waals surface area contributed by atoms with Crippen molar-refractivity contribution < 1.29 is 13.6 Å². The normalized spacial score (nSPS) is 10.5. The van der Waals surface area contributed by atoms with Crippen LogP contribution in [0.2, 0.25) is 5.15 Å². The summed E-state index contributed by atoms with van der Waals surface area (Å²) in [5, 5.41) is 0.154. The van der Waals surface area contributed by atoms with Crippen LogP contribution in [0.3, 0.4) is 0 Å². The van der Waals surface area contributed by atoms with Gasteiger partial charge in [0.1, 0.15) is 16.8 Å². The number of hydrogen-bond donors (Lipinski definition) is 0. The summed E-state index contributed by atoms with van der Waals surface area (Å²) in [6.45, 7) is 0. The van der Waals surface area contributed by atoms with E-state index in [1.165, 1.54) is 24.4 Å². The van der Waals surface area contributed by atoms with Crippen molar-refractivity contribution in [3.63, 3.8) is 0 Å². The number of hydrogen-bond acceptors (Lipinski definition) is 2. The lowest BCUT2D eigenvalue weighted by Crippen LogP contribution is -2.08. The highest BCUT2D eigenvalue weighted by Gasteiger charge is 2.17. The van der Waals surface area contributed by atoms with E-state index in [1.807, 2.05) is 0 Å². The van der Waals surface area contributed by atoms with Crippen molar-refractivity contribution in [2.75, 3.05) is 0 Å². The third kappa shape index (κ3) is 3.16. The average molecular weight is 347 g/mol. The number of pyridine rings is 1. The van der Waals surface area contributed by atoms with Gasteiger partial charge in [0.2, 0.25) is 0 Å². The smallest absolute Gasteiger partial charge is 0.167 e. The Balaban J connectivity index is 2.32. The van der Waals surface area contributed by atoms with Crippen LogP contribution >= 0.6 is 27.5 Å². The molecule has 2 aromatic rings. The van der Waals surface area contributed by atoms with Gasteiger partial charge >= 0.3 is 0 Å². The molecule has 1 aromatic carbocycles. The topological polar surface area (TPSA) is 30.0 Å². The maximum Gasteiger partial charge on any atom is 0.167 e. The quantitative estimate of drug-likeness (QED) is 0.473. The number of halogens is 4. The molecule has 19 heavy (non-hydrogen) atoms. The van der Waals surface area contributed by atoms with E-state index in [0.717, 1.165) is 6.07 Å². The van der Waals surface area contributed by atoms with Gasteiger partial charge in [-0.15, -0.1) is 0 Å². The number of aromatic nitrogens is 1. The van der Waals surface area contributed by atoms with E-state index >= 15 is 0 Å². The molecule has 0 aliphatic rings. The lowest BCUT2D eigenvalue weighted by atomic mass is 10.0. The summed E-state index contributed by atoms with van der Waals surface area (Å²) in [5.41, 5.74) is -0.00825. The van der Waals surface area contributed by atoms with E-state index in [-0.39, 0.29) is 27.2 Å².